The monoisotopic (exact) mass is 334 g/mol. The Kier molecular flexibility index (Phi) is 4.09. The van der Waals surface area contributed by atoms with Gasteiger partial charge in [0, 0.05) is 16.2 Å². The molecule has 0 aliphatic rings. The van der Waals surface area contributed by atoms with Crippen LogP contribution in [0.25, 0.3) is 0 Å². The molecule has 104 valence electrons. The summed E-state index contributed by atoms with van der Waals surface area (Å²) in [5, 5.41) is 14.3. The van der Waals surface area contributed by atoms with Crippen LogP contribution in [0.2, 0.25) is 0 Å². The predicted molar refractivity (Wildman–Crippen MR) is 84.7 cm³/mol. The van der Waals surface area contributed by atoms with Crippen LogP contribution in [0.5, 0.6) is 0 Å². The van der Waals surface area contributed by atoms with Crippen LogP contribution >= 0.6 is 15.9 Å². The Balaban J connectivity index is 2.48. The second kappa shape index (κ2) is 5.63. The summed E-state index contributed by atoms with van der Waals surface area (Å²) in [6, 6.07) is 9.11. The first kappa shape index (κ1) is 14.5. The molecule has 0 fully saturated rings. The van der Waals surface area contributed by atoms with Crippen LogP contribution in [0.15, 0.2) is 34.8 Å². The minimum absolute atomic E-state index is 0.0544. The number of hydrogen-bond donors (Lipinski definition) is 1. The molecule has 0 heterocycles. The first-order valence-corrected chi connectivity index (χ1v) is 6.96. The van der Waals surface area contributed by atoms with E-state index in [1.165, 1.54) is 11.6 Å². The lowest BCUT2D eigenvalue weighted by atomic mass is 10.0. The van der Waals surface area contributed by atoms with Crippen molar-refractivity contribution in [2.24, 2.45) is 0 Å². The molecule has 1 N–H and O–H groups in total. The maximum absolute atomic E-state index is 11.1. The highest BCUT2D eigenvalue weighted by Gasteiger charge is 2.15. The van der Waals surface area contributed by atoms with Crippen molar-refractivity contribution in [3.8, 4) is 0 Å². The summed E-state index contributed by atoms with van der Waals surface area (Å²) in [5.74, 6) is 0. The maximum Gasteiger partial charge on any atom is 0.293 e. The van der Waals surface area contributed by atoms with Gasteiger partial charge in [0.05, 0.1) is 4.92 Å². The highest BCUT2D eigenvalue weighted by Crippen LogP contribution is 2.33. The van der Waals surface area contributed by atoms with Gasteiger partial charge in [-0.05, 0) is 44.0 Å². The molecule has 0 bridgehead atoms. The van der Waals surface area contributed by atoms with E-state index in [0.29, 0.717) is 10.2 Å². The molecule has 0 saturated carbocycles. The van der Waals surface area contributed by atoms with Crippen molar-refractivity contribution in [3.63, 3.8) is 0 Å². The molecule has 4 nitrogen and oxygen atoms in total. The van der Waals surface area contributed by atoms with Gasteiger partial charge < -0.3 is 5.32 Å². The molecule has 2 rings (SSSR count). The van der Waals surface area contributed by atoms with Gasteiger partial charge in [-0.3, -0.25) is 10.1 Å². The number of nitrogens with one attached hydrogen (secondary N) is 1. The molecule has 5 heteroatoms. The zero-order chi connectivity index (χ0) is 14.9. The molecule has 20 heavy (non-hydrogen) atoms. The molecule has 0 amide bonds. The minimum Gasteiger partial charge on any atom is -0.349 e. The molecular formula is C15H15BrN2O2. The van der Waals surface area contributed by atoms with Crippen LogP contribution < -0.4 is 5.32 Å². The highest BCUT2D eigenvalue weighted by molar-refractivity contribution is 9.10. The van der Waals surface area contributed by atoms with Gasteiger partial charge in [-0.15, -0.1) is 0 Å². The van der Waals surface area contributed by atoms with Gasteiger partial charge in [-0.25, -0.2) is 0 Å². The number of aryl methyl sites for hydroxylation is 3. The minimum atomic E-state index is -0.383. The summed E-state index contributed by atoms with van der Waals surface area (Å²) < 4.78 is 0.687. The van der Waals surface area contributed by atoms with E-state index >= 15 is 0 Å². The lowest BCUT2D eigenvalue weighted by molar-refractivity contribution is -0.384. The topological polar surface area (TPSA) is 55.2 Å². The molecule has 0 spiro atoms. The molecule has 0 aliphatic carbocycles. The smallest absolute Gasteiger partial charge is 0.293 e. The van der Waals surface area contributed by atoms with Crippen molar-refractivity contribution < 1.29 is 4.92 Å². The average Bonchev–Trinajstić information content (AvgIpc) is 2.34. The van der Waals surface area contributed by atoms with Crippen molar-refractivity contribution in [1.29, 1.82) is 0 Å². The molecular weight excluding hydrogens is 320 g/mol. The quantitative estimate of drug-likeness (QED) is 0.632. The third-order valence-corrected chi connectivity index (χ3v) is 3.59. The van der Waals surface area contributed by atoms with Gasteiger partial charge in [0.15, 0.2) is 0 Å². The number of nitro groups is 1. The first-order chi connectivity index (χ1) is 9.38. The van der Waals surface area contributed by atoms with E-state index in [0.717, 1.165) is 16.8 Å². The summed E-state index contributed by atoms with van der Waals surface area (Å²) in [5.41, 5.74) is 4.78. The Morgan fingerprint density at radius 1 is 1.10 bits per heavy atom. The fourth-order valence-electron chi connectivity index (χ4n) is 2.27. The van der Waals surface area contributed by atoms with Crippen LogP contribution in [0.4, 0.5) is 17.1 Å². The number of nitrogens with zero attached hydrogens (tertiary/aromatic N) is 1. The van der Waals surface area contributed by atoms with Crippen LogP contribution in [0.1, 0.15) is 16.7 Å². The third-order valence-electron chi connectivity index (χ3n) is 3.09. The van der Waals surface area contributed by atoms with Crippen molar-refractivity contribution in [1.82, 2.24) is 0 Å². The lowest BCUT2D eigenvalue weighted by Gasteiger charge is -2.14. The second-order valence-corrected chi connectivity index (χ2v) is 5.73. The molecule has 0 atom stereocenters. The third kappa shape index (κ3) is 2.99. The summed E-state index contributed by atoms with van der Waals surface area (Å²) in [6.07, 6.45) is 0. The summed E-state index contributed by atoms with van der Waals surface area (Å²) in [7, 11) is 0. The summed E-state index contributed by atoms with van der Waals surface area (Å²) in [4.78, 5) is 10.7. The highest BCUT2D eigenvalue weighted by atomic mass is 79.9. The summed E-state index contributed by atoms with van der Waals surface area (Å²) >= 11 is 3.26. The zero-order valence-corrected chi connectivity index (χ0v) is 13.1. The Morgan fingerprint density at radius 2 is 1.70 bits per heavy atom. The molecule has 0 unspecified atom stereocenters. The molecule has 2 aromatic rings. The Bertz CT molecular complexity index is 661. The summed E-state index contributed by atoms with van der Waals surface area (Å²) in [6.45, 7) is 6.02. The van der Waals surface area contributed by atoms with Gasteiger partial charge >= 0.3 is 0 Å². The number of benzene rings is 2. The van der Waals surface area contributed by atoms with Crippen molar-refractivity contribution in [2.75, 3.05) is 5.32 Å². The van der Waals surface area contributed by atoms with E-state index in [9.17, 15) is 10.1 Å². The van der Waals surface area contributed by atoms with Gasteiger partial charge in [-0.2, -0.15) is 0 Å². The van der Waals surface area contributed by atoms with Crippen molar-refractivity contribution in [3.05, 3.63) is 61.6 Å². The standard InChI is InChI=1S/C15H15BrN2O2/c1-9-6-10(2)15(11(3)7-9)17-13-5-4-12(16)8-14(13)18(19)20/h4-8,17H,1-3H3. The molecule has 0 aliphatic heterocycles. The lowest BCUT2D eigenvalue weighted by Crippen LogP contribution is -2.00. The van der Waals surface area contributed by atoms with Crippen LogP contribution in [0.3, 0.4) is 0 Å². The number of anilines is 2. The van der Waals surface area contributed by atoms with Crippen LogP contribution in [0, 0.1) is 30.9 Å². The maximum atomic E-state index is 11.1. The van der Waals surface area contributed by atoms with E-state index in [1.54, 1.807) is 12.1 Å². The van der Waals surface area contributed by atoms with E-state index in [4.69, 9.17) is 0 Å². The SMILES string of the molecule is Cc1cc(C)c(Nc2ccc(Br)cc2[N+](=O)[O-])c(C)c1. The van der Waals surface area contributed by atoms with Gasteiger partial charge in [0.1, 0.15) is 5.69 Å². The Hall–Kier alpha value is -1.88. The molecule has 2 aromatic carbocycles. The average molecular weight is 335 g/mol. The van der Waals surface area contributed by atoms with Gasteiger partial charge in [0.25, 0.3) is 5.69 Å². The van der Waals surface area contributed by atoms with E-state index in [1.807, 2.05) is 20.8 Å². The van der Waals surface area contributed by atoms with E-state index in [-0.39, 0.29) is 10.6 Å². The fourth-order valence-corrected chi connectivity index (χ4v) is 2.62. The first-order valence-electron chi connectivity index (χ1n) is 6.17. The number of halogens is 1. The normalized spacial score (nSPS) is 10.4. The molecule has 0 saturated heterocycles. The van der Waals surface area contributed by atoms with Crippen LogP contribution in [-0.2, 0) is 0 Å². The van der Waals surface area contributed by atoms with Crippen molar-refractivity contribution >= 4 is 33.0 Å². The fraction of sp³-hybridized carbons (Fsp3) is 0.200. The second-order valence-electron chi connectivity index (χ2n) is 4.82. The predicted octanol–water partition coefficient (Wildman–Crippen LogP) is 5.03. The van der Waals surface area contributed by atoms with E-state index in [2.05, 4.69) is 33.4 Å². The largest absolute Gasteiger partial charge is 0.349 e. The Morgan fingerprint density at radius 3 is 2.25 bits per heavy atom. The van der Waals surface area contributed by atoms with Gasteiger partial charge in [0.2, 0.25) is 0 Å². The van der Waals surface area contributed by atoms with Gasteiger partial charge in [-0.1, -0.05) is 33.6 Å². The van der Waals surface area contributed by atoms with Crippen molar-refractivity contribution in [2.45, 2.75) is 20.8 Å². The molecule has 0 radical (unpaired) electrons. The zero-order valence-electron chi connectivity index (χ0n) is 11.5. The number of hydrogen-bond acceptors (Lipinski definition) is 3. The van der Waals surface area contributed by atoms with Crippen LogP contribution in [-0.4, -0.2) is 4.92 Å². The number of rotatable bonds is 3. The molecule has 0 aromatic heterocycles. The number of nitro benzene ring substituents is 1. The van der Waals surface area contributed by atoms with E-state index < -0.39 is 0 Å². The Labute approximate surface area is 126 Å².